The Bertz CT molecular complexity index is 1300. The fourth-order valence-corrected chi connectivity index (χ4v) is 4.19. The van der Waals surface area contributed by atoms with Crippen LogP contribution in [0.25, 0.3) is 0 Å². The molecule has 0 amide bonds. The van der Waals surface area contributed by atoms with Crippen LogP contribution in [0.5, 0.6) is 23.0 Å². The third-order valence-electron chi connectivity index (χ3n) is 5.33. The molecule has 1 unspecified atom stereocenters. The van der Waals surface area contributed by atoms with Crippen LogP contribution in [0.1, 0.15) is 22.6 Å². The molecular formula is C24H16BrFN2O4. The molecule has 0 aromatic heterocycles. The van der Waals surface area contributed by atoms with Crippen molar-refractivity contribution in [3.63, 3.8) is 0 Å². The number of hydrogen-bond donors (Lipinski definition) is 1. The molecule has 2 heterocycles. The van der Waals surface area contributed by atoms with Crippen molar-refractivity contribution in [3.05, 3.63) is 93.0 Å². The van der Waals surface area contributed by atoms with Gasteiger partial charge in [0.15, 0.2) is 11.5 Å². The molecule has 5 rings (SSSR count). The van der Waals surface area contributed by atoms with E-state index < -0.39 is 5.92 Å². The zero-order valence-corrected chi connectivity index (χ0v) is 18.2. The fourth-order valence-electron chi connectivity index (χ4n) is 3.81. The van der Waals surface area contributed by atoms with Gasteiger partial charge in [-0.05, 0) is 30.3 Å². The number of allylic oxidation sites excluding steroid dienone is 1. The van der Waals surface area contributed by atoms with Crippen molar-refractivity contribution in [1.82, 2.24) is 0 Å². The molecule has 6 nitrogen and oxygen atoms in total. The third-order valence-corrected chi connectivity index (χ3v) is 5.83. The molecule has 2 N–H and O–H groups in total. The quantitative estimate of drug-likeness (QED) is 0.541. The monoisotopic (exact) mass is 494 g/mol. The van der Waals surface area contributed by atoms with E-state index in [0.717, 1.165) is 4.47 Å². The first-order valence-electron chi connectivity index (χ1n) is 9.72. The maximum Gasteiger partial charge on any atom is 0.231 e. The Morgan fingerprint density at radius 1 is 1.06 bits per heavy atom. The van der Waals surface area contributed by atoms with E-state index in [4.69, 9.17) is 24.7 Å². The van der Waals surface area contributed by atoms with Crippen molar-refractivity contribution < 1.29 is 23.3 Å². The third kappa shape index (κ3) is 3.51. The molecule has 2 aliphatic heterocycles. The molecule has 8 heteroatoms. The molecule has 1 atom stereocenters. The number of ether oxygens (including phenoxy) is 4. The lowest BCUT2D eigenvalue weighted by molar-refractivity contribution is 0.174. The van der Waals surface area contributed by atoms with E-state index in [-0.39, 0.29) is 30.7 Å². The van der Waals surface area contributed by atoms with Crippen LogP contribution in [0, 0.1) is 17.1 Å². The lowest BCUT2D eigenvalue weighted by Gasteiger charge is -2.28. The van der Waals surface area contributed by atoms with Crippen molar-refractivity contribution in [1.29, 1.82) is 5.26 Å². The molecule has 3 aromatic rings. The first-order chi connectivity index (χ1) is 15.5. The smallest absolute Gasteiger partial charge is 0.231 e. The molecular weight excluding hydrogens is 479 g/mol. The van der Waals surface area contributed by atoms with Gasteiger partial charge in [-0.25, -0.2) is 4.39 Å². The summed E-state index contributed by atoms with van der Waals surface area (Å²) >= 11 is 3.50. The summed E-state index contributed by atoms with van der Waals surface area (Å²) in [5.41, 5.74) is 8.14. The van der Waals surface area contributed by atoms with Gasteiger partial charge in [0.2, 0.25) is 12.7 Å². The van der Waals surface area contributed by atoms with Gasteiger partial charge < -0.3 is 24.7 Å². The average Bonchev–Trinajstić information content (AvgIpc) is 3.24. The van der Waals surface area contributed by atoms with Gasteiger partial charge in [0.1, 0.15) is 35.6 Å². The van der Waals surface area contributed by atoms with Gasteiger partial charge in [-0.15, -0.1) is 0 Å². The zero-order chi connectivity index (χ0) is 22.2. The summed E-state index contributed by atoms with van der Waals surface area (Å²) in [6, 6.07) is 17.5. The van der Waals surface area contributed by atoms with Crippen LogP contribution < -0.4 is 24.7 Å². The van der Waals surface area contributed by atoms with Crippen molar-refractivity contribution >= 4 is 15.9 Å². The summed E-state index contributed by atoms with van der Waals surface area (Å²) in [5.74, 6) is 1.13. The molecule has 0 radical (unpaired) electrons. The first-order valence-corrected chi connectivity index (χ1v) is 10.5. The predicted molar refractivity (Wildman–Crippen MR) is 117 cm³/mol. The number of nitrogens with zero attached hydrogens (tertiary/aromatic N) is 1. The standard InChI is InChI=1S/C24H16BrFN2O4/c25-14-5-6-19(29-11-13-3-1-2-4-18(13)26)15(7-14)23-16-8-21-22(31-12-30-21)9-20(16)32-24(28)17(23)10-27/h1-9,23H,11-12,28H2. The highest BCUT2D eigenvalue weighted by Crippen LogP contribution is 2.49. The number of benzene rings is 3. The minimum atomic E-state index is -0.577. The van der Waals surface area contributed by atoms with E-state index >= 15 is 0 Å². The number of rotatable bonds is 4. The van der Waals surface area contributed by atoms with Crippen molar-refractivity contribution in [2.75, 3.05) is 6.79 Å². The highest BCUT2D eigenvalue weighted by atomic mass is 79.9. The Kier molecular flexibility index (Phi) is 5.11. The summed E-state index contributed by atoms with van der Waals surface area (Å²) < 4.78 is 37.6. The second kappa shape index (κ2) is 8.09. The lowest BCUT2D eigenvalue weighted by Crippen LogP contribution is -2.21. The van der Waals surface area contributed by atoms with E-state index in [1.807, 2.05) is 12.1 Å². The maximum absolute atomic E-state index is 14.1. The Morgan fingerprint density at radius 2 is 1.84 bits per heavy atom. The normalized spacial score (nSPS) is 16.2. The topological polar surface area (TPSA) is 86.7 Å². The predicted octanol–water partition coefficient (Wildman–Crippen LogP) is 5.11. The van der Waals surface area contributed by atoms with Gasteiger partial charge in [-0.3, -0.25) is 0 Å². The van der Waals surface area contributed by atoms with Crippen molar-refractivity contribution in [2.45, 2.75) is 12.5 Å². The second-order valence-electron chi connectivity index (χ2n) is 7.23. The van der Waals surface area contributed by atoms with Gasteiger partial charge >= 0.3 is 0 Å². The first kappa shape index (κ1) is 20.2. The van der Waals surface area contributed by atoms with E-state index in [0.29, 0.717) is 39.7 Å². The molecule has 0 bridgehead atoms. The average molecular weight is 495 g/mol. The number of halogens is 2. The van der Waals surface area contributed by atoms with Crippen LogP contribution in [0.4, 0.5) is 4.39 Å². The Morgan fingerprint density at radius 3 is 2.62 bits per heavy atom. The molecule has 160 valence electrons. The minimum absolute atomic E-state index is 0.00361. The summed E-state index contributed by atoms with van der Waals surface area (Å²) in [6.45, 7) is 0.129. The molecule has 32 heavy (non-hydrogen) atoms. The fraction of sp³-hybridized carbons (Fsp3) is 0.125. The van der Waals surface area contributed by atoms with E-state index in [1.54, 1.807) is 36.4 Å². The number of nitriles is 1. The highest BCUT2D eigenvalue weighted by molar-refractivity contribution is 9.10. The summed E-state index contributed by atoms with van der Waals surface area (Å²) in [7, 11) is 0. The molecule has 3 aromatic carbocycles. The van der Waals surface area contributed by atoms with Crippen molar-refractivity contribution in [2.24, 2.45) is 5.73 Å². The lowest BCUT2D eigenvalue weighted by atomic mass is 9.83. The summed E-state index contributed by atoms with van der Waals surface area (Å²) in [4.78, 5) is 0. The van der Waals surface area contributed by atoms with E-state index in [1.165, 1.54) is 6.07 Å². The van der Waals surface area contributed by atoms with Gasteiger partial charge in [-0.1, -0.05) is 34.1 Å². The van der Waals surface area contributed by atoms with Crippen LogP contribution in [0.15, 0.2) is 70.5 Å². The molecule has 0 saturated carbocycles. The maximum atomic E-state index is 14.1. The largest absolute Gasteiger partial charge is 0.488 e. The van der Waals surface area contributed by atoms with Gasteiger partial charge in [-0.2, -0.15) is 5.26 Å². The second-order valence-corrected chi connectivity index (χ2v) is 8.15. The minimum Gasteiger partial charge on any atom is -0.488 e. The van der Waals surface area contributed by atoms with E-state index in [2.05, 4.69) is 22.0 Å². The van der Waals surface area contributed by atoms with Crippen molar-refractivity contribution in [3.8, 4) is 29.1 Å². The zero-order valence-electron chi connectivity index (χ0n) is 16.6. The van der Waals surface area contributed by atoms with Gasteiger partial charge in [0.25, 0.3) is 0 Å². The summed E-state index contributed by atoms with van der Waals surface area (Å²) in [5, 5.41) is 9.89. The summed E-state index contributed by atoms with van der Waals surface area (Å²) in [6.07, 6.45) is 0. The van der Waals surface area contributed by atoms with Crippen LogP contribution in [0.2, 0.25) is 0 Å². The van der Waals surface area contributed by atoms with Crippen LogP contribution >= 0.6 is 15.9 Å². The van der Waals surface area contributed by atoms with Crippen LogP contribution in [0.3, 0.4) is 0 Å². The molecule has 0 fully saturated rings. The van der Waals surface area contributed by atoms with Crippen LogP contribution in [-0.2, 0) is 6.61 Å². The number of hydrogen-bond acceptors (Lipinski definition) is 6. The van der Waals surface area contributed by atoms with Gasteiger partial charge in [0.05, 0.1) is 5.92 Å². The molecule has 0 aliphatic carbocycles. The van der Waals surface area contributed by atoms with Crippen LogP contribution in [-0.4, -0.2) is 6.79 Å². The van der Waals surface area contributed by atoms with Gasteiger partial charge in [0, 0.05) is 27.2 Å². The number of fused-ring (bicyclic) bond motifs is 2. The van der Waals surface area contributed by atoms with E-state index in [9.17, 15) is 9.65 Å². The number of nitrogens with two attached hydrogens (primary N) is 1. The SMILES string of the molecule is N#CC1=C(N)Oc2cc3c(cc2C1c1cc(Br)ccc1OCc1ccccc1F)OCO3. The molecule has 0 spiro atoms. The Hall–Kier alpha value is -3.70. The Balaban J connectivity index is 1.61. The molecule has 0 saturated heterocycles. The highest BCUT2D eigenvalue weighted by Gasteiger charge is 2.35. The Labute approximate surface area is 191 Å². The molecule has 2 aliphatic rings.